The van der Waals surface area contributed by atoms with Gasteiger partial charge in [-0.15, -0.1) is 12.4 Å². The molecule has 0 spiro atoms. The summed E-state index contributed by atoms with van der Waals surface area (Å²) in [6.07, 6.45) is 10.5. The van der Waals surface area contributed by atoms with Gasteiger partial charge in [-0.2, -0.15) is 0 Å². The zero-order chi connectivity index (χ0) is 19.3. The van der Waals surface area contributed by atoms with E-state index in [2.05, 4.69) is 4.90 Å². The summed E-state index contributed by atoms with van der Waals surface area (Å²) in [7, 11) is 0. The van der Waals surface area contributed by atoms with E-state index in [1.165, 1.54) is 19.3 Å². The Morgan fingerprint density at radius 3 is 2.46 bits per heavy atom. The molecule has 0 saturated carbocycles. The van der Waals surface area contributed by atoms with Crippen LogP contribution in [0.25, 0.3) is 0 Å². The highest BCUT2D eigenvalue weighted by atomic mass is 35.5. The van der Waals surface area contributed by atoms with Crippen molar-refractivity contribution in [1.29, 1.82) is 0 Å². The highest BCUT2D eigenvalue weighted by Crippen LogP contribution is 2.37. The third-order valence-corrected chi connectivity index (χ3v) is 5.50. The molecule has 0 amide bonds. The van der Waals surface area contributed by atoms with Gasteiger partial charge in [-0.25, -0.2) is 0 Å². The molecule has 152 valence electrons. The maximum Gasteiger partial charge on any atom is 0.311 e. The second-order valence-electron chi connectivity index (χ2n) is 7.45. The smallest absolute Gasteiger partial charge is 0.311 e. The first-order valence-electron chi connectivity index (χ1n) is 9.59. The molecule has 1 aromatic carbocycles. The molecule has 5 nitrogen and oxygen atoms in total. The number of halogens is 1. The van der Waals surface area contributed by atoms with Gasteiger partial charge >= 0.3 is 5.97 Å². The van der Waals surface area contributed by atoms with Crippen molar-refractivity contribution < 1.29 is 19.4 Å². The number of hydrogen-bond acceptors (Lipinski definition) is 4. The average molecular weight is 406 g/mol. The first-order valence-corrected chi connectivity index (χ1v) is 9.59. The number of ketones is 1. The lowest BCUT2D eigenvalue weighted by atomic mass is 9.69. The Morgan fingerprint density at radius 2 is 1.82 bits per heavy atom. The van der Waals surface area contributed by atoms with Crippen LogP contribution in [0.15, 0.2) is 48.6 Å². The summed E-state index contributed by atoms with van der Waals surface area (Å²) < 4.78 is 5.80. The predicted octanol–water partition coefficient (Wildman–Crippen LogP) is 3.99. The summed E-state index contributed by atoms with van der Waals surface area (Å²) in [4.78, 5) is 26.9. The van der Waals surface area contributed by atoms with Crippen LogP contribution in [-0.4, -0.2) is 48.0 Å². The highest BCUT2D eigenvalue weighted by molar-refractivity contribution is 6.04. The van der Waals surface area contributed by atoms with E-state index >= 15 is 0 Å². The fourth-order valence-corrected chi connectivity index (χ4v) is 3.78. The van der Waals surface area contributed by atoms with Gasteiger partial charge in [0.25, 0.3) is 0 Å². The Bertz CT molecular complexity index is 737. The molecule has 0 radical (unpaired) electrons. The number of benzene rings is 1. The predicted molar refractivity (Wildman–Crippen MR) is 111 cm³/mol. The van der Waals surface area contributed by atoms with Gasteiger partial charge < -0.3 is 9.84 Å². The monoisotopic (exact) mass is 405 g/mol. The van der Waals surface area contributed by atoms with Crippen LogP contribution in [0.3, 0.4) is 0 Å². The van der Waals surface area contributed by atoms with Gasteiger partial charge in [-0.3, -0.25) is 14.5 Å². The summed E-state index contributed by atoms with van der Waals surface area (Å²) in [6, 6.07) is 7.00. The Hall–Kier alpha value is -2.11. The van der Waals surface area contributed by atoms with Crippen LogP contribution in [0.4, 0.5) is 0 Å². The normalized spacial score (nSPS) is 24.4. The van der Waals surface area contributed by atoms with E-state index in [1.54, 1.807) is 55.5 Å². The molecule has 2 atom stereocenters. The van der Waals surface area contributed by atoms with Gasteiger partial charge in [0.15, 0.2) is 5.78 Å². The quantitative estimate of drug-likeness (QED) is 0.695. The van der Waals surface area contributed by atoms with Gasteiger partial charge in [0.05, 0.1) is 11.3 Å². The van der Waals surface area contributed by atoms with Crippen molar-refractivity contribution in [2.45, 2.75) is 26.2 Å². The molecular formula is C22H28ClNO4. The standard InChI is InChI=1S/C22H27NO4.ClH/c1-22(12-4-3-7-19(22)21(25)26)20(24)17-8-10-18(11-9-17)27-16-15-23-13-5-2-6-14-23;/h3-4,7-12,19H,2,5-6,13-16H2,1H3,(H,25,26);1H. The van der Waals surface area contributed by atoms with Crippen molar-refractivity contribution in [3.05, 3.63) is 54.1 Å². The summed E-state index contributed by atoms with van der Waals surface area (Å²) in [6.45, 7) is 5.50. The number of likely N-dealkylation sites (tertiary alicyclic amines) is 1. The molecule has 1 aliphatic heterocycles. The van der Waals surface area contributed by atoms with E-state index < -0.39 is 17.3 Å². The Morgan fingerprint density at radius 1 is 1.14 bits per heavy atom. The molecule has 1 aromatic rings. The summed E-state index contributed by atoms with van der Waals surface area (Å²) in [5.74, 6) is -1.34. The highest BCUT2D eigenvalue weighted by Gasteiger charge is 2.43. The molecule has 2 aliphatic rings. The van der Waals surface area contributed by atoms with Crippen LogP contribution >= 0.6 is 12.4 Å². The lowest BCUT2D eigenvalue weighted by Crippen LogP contribution is -2.38. The Labute approximate surface area is 172 Å². The van der Waals surface area contributed by atoms with Crippen molar-refractivity contribution >= 4 is 24.2 Å². The Kier molecular flexibility index (Phi) is 7.84. The van der Waals surface area contributed by atoms with E-state index in [1.807, 2.05) is 0 Å². The maximum atomic E-state index is 13.0. The average Bonchev–Trinajstić information content (AvgIpc) is 2.69. The minimum Gasteiger partial charge on any atom is -0.492 e. The van der Waals surface area contributed by atoms with Crippen LogP contribution in [0.2, 0.25) is 0 Å². The van der Waals surface area contributed by atoms with Crippen molar-refractivity contribution in [2.75, 3.05) is 26.2 Å². The third kappa shape index (κ3) is 5.03. The van der Waals surface area contributed by atoms with Crippen molar-refractivity contribution in [3.8, 4) is 5.75 Å². The number of hydrogen-bond donors (Lipinski definition) is 1. The zero-order valence-electron chi connectivity index (χ0n) is 16.2. The minimum atomic E-state index is -1.09. The fraction of sp³-hybridized carbons (Fsp3) is 0.455. The SMILES string of the molecule is CC1(C(=O)c2ccc(OCCN3CCCCC3)cc2)C=CC=CC1C(=O)O.Cl. The molecule has 1 aliphatic carbocycles. The molecule has 3 rings (SSSR count). The number of piperidine rings is 1. The number of carboxylic acid groups (broad SMARTS) is 1. The molecule has 2 unspecified atom stereocenters. The van der Waals surface area contributed by atoms with Gasteiger partial charge in [0, 0.05) is 12.1 Å². The van der Waals surface area contributed by atoms with E-state index in [0.717, 1.165) is 25.4 Å². The maximum absolute atomic E-state index is 13.0. The number of carboxylic acids is 1. The van der Waals surface area contributed by atoms with Crippen molar-refractivity contribution in [1.82, 2.24) is 4.90 Å². The Balaban J connectivity index is 0.00000280. The number of carbonyl (C=O) groups is 2. The van der Waals surface area contributed by atoms with Crippen LogP contribution in [-0.2, 0) is 4.79 Å². The zero-order valence-corrected chi connectivity index (χ0v) is 17.0. The van der Waals surface area contributed by atoms with Crippen LogP contribution in [0.5, 0.6) is 5.75 Å². The third-order valence-electron chi connectivity index (χ3n) is 5.50. The van der Waals surface area contributed by atoms with Gasteiger partial charge in [-0.1, -0.05) is 30.7 Å². The van der Waals surface area contributed by atoms with E-state index in [9.17, 15) is 14.7 Å². The van der Waals surface area contributed by atoms with Crippen LogP contribution < -0.4 is 4.74 Å². The number of aliphatic carboxylic acids is 1. The molecule has 6 heteroatoms. The summed E-state index contributed by atoms with van der Waals surface area (Å²) >= 11 is 0. The molecule has 0 aromatic heterocycles. The lowest BCUT2D eigenvalue weighted by Gasteiger charge is -2.31. The topological polar surface area (TPSA) is 66.8 Å². The van der Waals surface area contributed by atoms with E-state index in [-0.39, 0.29) is 18.2 Å². The van der Waals surface area contributed by atoms with Crippen molar-refractivity contribution in [3.63, 3.8) is 0 Å². The molecular weight excluding hydrogens is 378 g/mol. The number of rotatable bonds is 7. The van der Waals surface area contributed by atoms with Gasteiger partial charge in [-0.05, 0) is 57.1 Å². The van der Waals surface area contributed by atoms with Crippen LogP contribution in [0.1, 0.15) is 36.5 Å². The molecule has 1 saturated heterocycles. The van der Waals surface area contributed by atoms with Gasteiger partial charge in [0.2, 0.25) is 0 Å². The number of Topliss-reactive ketones (excluding diaryl/α,β-unsaturated/α-hetero) is 1. The number of nitrogens with zero attached hydrogens (tertiary/aromatic N) is 1. The number of carbonyl (C=O) groups excluding carboxylic acids is 1. The van der Waals surface area contributed by atoms with Crippen LogP contribution in [0, 0.1) is 11.3 Å². The molecule has 1 fully saturated rings. The van der Waals surface area contributed by atoms with Crippen molar-refractivity contribution in [2.24, 2.45) is 11.3 Å². The number of allylic oxidation sites excluding steroid dienone is 3. The molecule has 1 N–H and O–H groups in total. The molecule has 28 heavy (non-hydrogen) atoms. The molecule has 1 heterocycles. The van der Waals surface area contributed by atoms with Gasteiger partial charge in [0.1, 0.15) is 12.4 Å². The number of ether oxygens (including phenoxy) is 1. The molecule has 0 bridgehead atoms. The lowest BCUT2D eigenvalue weighted by molar-refractivity contribution is -0.142. The van der Waals surface area contributed by atoms with E-state index in [4.69, 9.17) is 4.74 Å². The fourth-order valence-electron chi connectivity index (χ4n) is 3.78. The van der Waals surface area contributed by atoms with E-state index in [0.29, 0.717) is 12.2 Å². The second kappa shape index (κ2) is 9.89. The first-order chi connectivity index (χ1) is 13.0. The minimum absolute atomic E-state index is 0. The first kappa shape index (κ1) is 22.2. The summed E-state index contributed by atoms with van der Waals surface area (Å²) in [5.41, 5.74) is -0.593. The second-order valence-corrected chi connectivity index (χ2v) is 7.45. The largest absolute Gasteiger partial charge is 0.492 e. The summed E-state index contributed by atoms with van der Waals surface area (Å²) in [5, 5.41) is 9.46.